The molecule has 0 aliphatic heterocycles. The van der Waals surface area contributed by atoms with Gasteiger partial charge in [-0.1, -0.05) is 12.1 Å². The number of alkyl halides is 3. The van der Waals surface area contributed by atoms with E-state index in [4.69, 9.17) is 5.11 Å². The molecule has 1 aliphatic rings. The van der Waals surface area contributed by atoms with Gasteiger partial charge in [0.15, 0.2) is 0 Å². The van der Waals surface area contributed by atoms with Crippen LogP contribution in [-0.4, -0.2) is 18.1 Å². The average Bonchev–Trinajstić information content (AvgIpc) is 2.38. The van der Waals surface area contributed by atoms with Gasteiger partial charge in [-0.25, -0.2) is 0 Å². The van der Waals surface area contributed by atoms with Crippen LogP contribution in [0.25, 0.3) is 0 Å². The highest BCUT2D eigenvalue weighted by atomic mass is 19.4. The van der Waals surface area contributed by atoms with Gasteiger partial charge in [-0.3, -0.25) is 0 Å². The molecule has 0 saturated heterocycles. The van der Waals surface area contributed by atoms with Crippen molar-refractivity contribution in [1.82, 2.24) is 0 Å². The molecular formula is C14H17F3O2. The number of rotatable bonds is 3. The minimum Gasteiger partial charge on any atom is -0.406 e. The van der Waals surface area contributed by atoms with E-state index in [0.717, 1.165) is 31.2 Å². The van der Waals surface area contributed by atoms with Gasteiger partial charge < -0.3 is 9.84 Å². The predicted molar refractivity (Wildman–Crippen MR) is 64.9 cm³/mol. The van der Waals surface area contributed by atoms with Crippen molar-refractivity contribution in [2.45, 2.75) is 38.0 Å². The molecule has 106 valence electrons. The van der Waals surface area contributed by atoms with Gasteiger partial charge in [0.2, 0.25) is 0 Å². The molecule has 1 aromatic carbocycles. The second kappa shape index (κ2) is 5.82. The zero-order valence-electron chi connectivity index (χ0n) is 10.5. The second-order valence-corrected chi connectivity index (χ2v) is 5.02. The molecule has 19 heavy (non-hydrogen) atoms. The van der Waals surface area contributed by atoms with Gasteiger partial charge >= 0.3 is 6.36 Å². The molecule has 1 N–H and O–H groups in total. The first kappa shape index (κ1) is 14.2. The minimum atomic E-state index is -4.64. The molecule has 1 saturated carbocycles. The van der Waals surface area contributed by atoms with Crippen LogP contribution in [-0.2, 0) is 0 Å². The van der Waals surface area contributed by atoms with Gasteiger partial charge in [0.1, 0.15) is 5.75 Å². The lowest BCUT2D eigenvalue weighted by Gasteiger charge is -2.27. The summed E-state index contributed by atoms with van der Waals surface area (Å²) in [6.07, 6.45) is -0.736. The Morgan fingerprint density at radius 1 is 1.05 bits per heavy atom. The van der Waals surface area contributed by atoms with E-state index in [9.17, 15) is 13.2 Å². The van der Waals surface area contributed by atoms with Crippen molar-refractivity contribution in [2.75, 3.05) is 6.61 Å². The van der Waals surface area contributed by atoms with E-state index in [-0.39, 0.29) is 12.4 Å². The van der Waals surface area contributed by atoms with E-state index >= 15 is 0 Å². The predicted octanol–water partition coefficient (Wildman–Crippen LogP) is 3.85. The summed E-state index contributed by atoms with van der Waals surface area (Å²) < 4.78 is 39.9. The normalized spacial score (nSPS) is 24.2. The second-order valence-electron chi connectivity index (χ2n) is 5.02. The van der Waals surface area contributed by atoms with Crippen LogP contribution in [0.1, 0.15) is 37.2 Å². The Hall–Kier alpha value is -1.23. The molecular weight excluding hydrogens is 257 g/mol. The number of ether oxygens (including phenoxy) is 1. The molecule has 0 aromatic heterocycles. The fraction of sp³-hybridized carbons (Fsp3) is 0.571. The van der Waals surface area contributed by atoms with Crippen LogP contribution in [0.15, 0.2) is 24.3 Å². The number of hydrogen-bond acceptors (Lipinski definition) is 2. The summed E-state index contributed by atoms with van der Waals surface area (Å²) in [6.45, 7) is 0.227. The number of halogens is 3. The van der Waals surface area contributed by atoms with E-state index in [0.29, 0.717) is 11.8 Å². The lowest BCUT2D eigenvalue weighted by atomic mass is 9.79. The molecule has 0 radical (unpaired) electrons. The molecule has 1 aliphatic carbocycles. The molecule has 0 atom stereocenters. The molecule has 2 nitrogen and oxygen atoms in total. The first-order valence-corrected chi connectivity index (χ1v) is 6.44. The minimum absolute atomic E-state index is 0.180. The Morgan fingerprint density at radius 3 is 2.11 bits per heavy atom. The summed E-state index contributed by atoms with van der Waals surface area (Å²) in [5.74, 6) is 0.576. The lowest BCUT2D eigenvalue weighted by molar-refractivity contribution is -0.274. The van der Waals surface area contributed by atoms with Crippen LogP contribution in [0, 0.1) is 5.92 Å². The van der Waals surface area contributed by atoms with Crippen molar-refractivity contribution in [3.05, 3.63) is 29.8 Å². The third-order valence-corrected chi connectivity index (χ3v) is 3.69. The van der Waals surface area contributed by atoms with E-state index < -0.39 is 6.36 Å². The SMILES string of the molecule is OCC1CCC(c2ccc(OC(F)(F)F)cc2)CC1. The topological polar surface area (TPSA) is 29.5 Å². The summed E-state index contributed by atoms with van der Waals surface area (Å²) >= 11 is 0. The number of aliphatic hydroxyl groups excluding tert-OH is 1. The van der Waals surface area contributed by atoms with Crippen LogP contribution in [0.5, 0.6) is 5.75 Å². The van der Waals surface area contributed by atoms with Crippen LogP contribution in [0.2, 0.25) is 0 Å². The molecule has 0 unspecified atom stereocenters. The monoisotopic (exact) mass is 274 g/mol. The van der Waals surface area contributed by atoms with Gasteiger partial charge in [-0.05, 0) is 55.2 Å². The standard InChI is InChI=1S/C14H17F3O2/c15-14(16,17)19-13-7-5-12(6-8-13)11-3-1-10(9-18)2-4-11/h5-8,10-11,18H,1-4,9H2. The van der Waals surface area contributed by atoms with Crippen LogP contribution in [0.3, 0.4) is 0 Å². The first-order chi connectivity index (χ1) is 8.98. The van der Waals surface area contributed by atoms with E-state index in [1.807, 2.05) is 0 Å². The summed E-state index contributed by atoms with van der Waals surface area (Å²) in [7, 11) is 0. The van der Waals surface area contributed by atoms with Crippen molar-refractivity contribution < 1.29 is 23.0 Å². The molecule has 1 aromatic rings. The van der Waals surface area contributed by atoms with Gasteiger partial charge in [0.25, 0.3) is 0 Å². The largest absolute Gasteiger partial charge is 0.573 e. The summed E-state index contributed by atoms with van der Waals surface area (Å²) in [4.78, 5) is 0. The maximum atomic E-state index is 12.0. The maximum absolute atomic E-state index is 12.0. The van der Waals surface area contributed by atoms with Crippen LogP contribution >= 0.6 is 0 Å². The molecule has 0 heterocycles. The Morgan fingerprint density at radius 2 is 1.63 bits per heavy atom. The fourth-order valence-electron chi connectivity index (χ4n) is 2.62. The Labute approximate surface area is 110 Å². The van der Waals surface area contributed by atoms with Crippen LogP contribution < -0.4 is 4.74 Å². The average molecular weight is 274 g/mol. The zero-order valence-corrected chi connectivity index (χ0v) is 10.5. The van der Waals surface area contributed by atoms with Gasteiger partial charge in [-0.2, -0.15) is 0 Å². The van der Waals surface area contributed by atoms with Crippen molar-refractivity contribution in [2.24, 2.45) is 5.92 Å². The Balaban J connectivity index is 1.95. The van der Waals surface area contributed by atoms with Crippen molar-refractivity contribution in [3.63, 3.8) is 0 Å². The summed E-state index contributed by atoms with van der Waals surface area (Å²) in [5.41, 5.74) is 1.05. The molecule has 2 rings (SSSR count). The zero-order chi connectivity index (χ0) is 13.9. The third-order valence-electron chi connectivity index (χ3n) is 3.69. The smallest absolute Gasteiger partial charge is 0.406 e. The molecule has 0 amide bonds. The lowest BCUT2D eigenvalue weighted by Crippen LogP contribution is -2.17. The summed E-state index contributed by atoms with van der Waals surface area (Å²) in [6, 6.07) is 6.12. The van der Waals surface area contributed by atoms with E-state index in [2.05, 4.69) is 4.74 Å². The third kappa shape index (κ3) is 4.13. The molecule has 0 bridgehead atoms. The van der Waals surface area contributed by atoms with Gasteiger partial charge in [0, 0.05) is 6.61 Å². The summed E-state index contributed by atoms with van der Waals surface area (Å²) in [5, 5.41) is 9.07. The Bertz CT molecular complexity index is 392. The van der Waals surface area contributed by atoms with E-state index in [1.54, 1.807) is 12.1 Å². The van der Waals surface area contributed by atoms with E-state index in [1.165, 1.54) is 12.1 Å². The Kier molecular flexibility index (Phi) is 4.34. The number of aliphatic hydroxyl groups is 1. The highest BCUT2D eigenvalue weighted by molar-refractivity contribution is 5.29. The quantitative estimate of drug-likeness (QED) is 0.907. The van der Waals surface area contributed by atoms with Crippen LogP contribution in [0.4, 0.5) is 13.2 Å². The number of hydrogen-bond donors (Lipinski definition) is 1. The van der Waals surface area contributed by atoms with Crippen molar-refractivity contribution >= 4 is 0 Å². The highest BCUT2D eigenvalue weighted by Gasteiger charge is 2.31. The van der Waals surface area contributed by atoms with Gasteiger partial charge in [0.05, 0.1) is 0 Å². The maximum Gasteiger partial charge on any atom is 0.573 e. The fourth-order valence-corrected chi connectivity index (χ4v) is 2.62. The first-order valence-electron chi connectivity index (χ1n) is 6.44. The molecule has 0 spiro atoms. The van der Waals surface area contributed by atoms with Gasteiger partial charge in [-0.15, -0.1) is 13.2 Å². The molecule has 1 fully saturated rings. The van der Waals surface area contributed by atoms with Crippen molar-refractivity contribution in [1.29, 1.82) is 0 Å². The highest BCUT2D eigenvalue weighted by Crippen LogP contribution is 2.36. The number of benzene rings is 1. The molecule has 5 heteroatoms. The van der Waals surface area contributed by atoms with Crippen molar-refractivity contribution in [3.8, 4) is 5.75 Å².